The number of amides is 1. The van der Waals surface area contributed by atoms with E-state index in [0.29, 0.717) is 36.6 Å². The van der Waals surface area contributed by atoms with Crippen LogP contribution in [0.1, 0.15) is 29.5 Å². The summed E-state index contributed by atoms with van der Waals surface area (Å²) >= 11 is 0. The van der Waals surface area contributed by atoms with Crippen LogP contribution < -0.4 is 5.73 Å². The molecule has 0 aromatic carbocycles. The third-order valence-electron chi connectivity index (χ3n) is 3.62. The molecule has 6 nitrogen and oxygen atoms in total. The summed E-state index contributed by atoms with van der Waals surface area (Å²) < 4.78 is 1.53. The SMILES string of the molecule is Cc1nn(C)c(C(=O)N2CCC(O)C(C)C2)c1N. The number of piperidine rings is 1. The zero-order valence-corrected chi connectivity index (χ0v) is 11.1. The highest BCUT2D eigenvalue weighted by Gasteiger charge is 2.30. The Bertz CT molecular complexity index is 469. The molecule has 1 amide bonds. The molecule has 1 aromatic heterocycles. The summed E-state index contributed by atoms with van der Waals surface area (Å²) in [6.45, 7) is 4.86. The van der Waals surface area contributed by atoms with Crippen molar-refractivity contribution >= 4 is 11.6 Å². The highest BCUT2D eigenvalue weighted by atomic mass is 16.3. The van der Waals surface area contributed by atoms with Crippen molar-refractivity contribution in [2.75, 3.05) is 18.8 Å². The smallest absolute Gasteiger partial charge is 0.274 e. The van der Waals surface area contributed by atoms with E-state index in [0.717, 1.165) is 0 Å². The topological polar surface area (TPSA) is 84.4 Å². The lowest BCUT2D eigenvalue weighted by Crippen LogP contribution is -2.45. The molecule has 1 saturated heterocycles. The number of hydrogen-bond acceptors (Lipinski definition) is 4. The third-order valence-corrected chi connectivity index (χ3v) is 3.62. The van der Waals surface area contributed by atoms with Crippen LogP contribution in [0.25, 0.3) is 0 Å². The fraction of sp³-hybridized carbons (Fsp3) is 0.667. The lowest BCUT2D eigenvalue weighted by Gasteiger charge is -2.34. The molecule has 2 rings (SSSR count). The molecule has 6 heteroatoms. The number of nitrogens with two attached hydrogens (primary N) is 1. The minimum Gasteiger partial charge on any atom is -0.395 e. The fourth-order valence-electron chi connectivity index (χ4n) is 2.40. The number of aliphatic hydroxyl groups is 1. The minimum absolute atomic E-state index is 0.0956. The Balaban J connectivity index is 2.21. The lowest BCUT2D eigenvalue weighted by molar-refractivity contribution is 0.0292. The third kappa shape index (κ3) is 2.08. The van der Waals surface area contributed by atoms with Gasteiger partial charge in [-0.2, -0.15) is 5.10 Å². The number of aryl methyl sites for hydroxylation is 2. The molecule has 1 aromatic rings. The Kier molecular flexibility index (Phi) is 3.30. The van der Waals surface area contributed by atoms with Crippen molar-refractivity contribution in [2.45, 2.75) is 26.4 Å². The number of nitrogen functional groups attached to an aromatic ring is 1. The molecule has 2 atom stereocenters. The van der Waals surface area contributed by atoms with Gasteiger partial charge in [0.15, 0.2) is 0 Å². The van der Waals surface area contributed by atoms with Crippen LogP contribution >= 0.6 is 0 Å². The highest BCUT2D eigenvalue weighted by molar-refractivity contribution is 5.98. The number of carbonyl (C=O) groups is 1. The number of rotatable bonds is 1. The standard InChI is InChI=1S/C12H20N4O2/c1-7-6-16(5-4-9(7)17)12(18)11-10(13)8(2)14-15(11)3/h7,9,17H,4-6,13H2,1-3H3. The van der Waals surface area contributed by atoms with Crippen LogP contribution in [0.5, 0.6) is 0 Å². The Labute approximate surface area is 106 Å². The van der Waals surface area contributed by atoms with Gasteiger partial charge >= 0.3 is 0 Å². The number of hydrogen-bond donors (Lipinski definition) is 2. The largest absolute Gasteiger partial charge is 0.395 e. The van der Waals surface area contributed by atoms with E-state index in [4.69, 9.17) is 5.73 Å². The molecule has 1 fully saturated rings. The van der Waals surface area contributed by atoms with Gasteiger partial charge in [-0.1, -0.05) is 6.92 Å². The fourth-order valence-corrected chi connectivity index (χ4v) is 2.40. The summed E-state index contributed by atoms with van der Waals surface area (Å²) in [5.41, 5.74) is 7.45. The normalized spacial score (nSPS) is 24.3. The van der Waals surface area contributed by atoms with Crippen LogP contribution in [0.15, 0.2) is 0 Å². The average Bonchev–Trinajstić information content (AvgIpc) is 2.56. The molecule has 2 unspecified atom stereocenters. The van der Waals surface area contributed by atoms with Gasteiger partial charge in [-0.15, -0.1) is 0 Å². The van der Waals surface area contributed by atoms with Gasteiger partial charge in [0.2, 0.25) is 0 Å². The van der Waals surface area contributed by atoms with Gasteiger partial charge in [0.05, 0.1) is 17.5 Å². The van der Waals surface area contributed by atoms with Gasteiger partial charge in [0.25, 0.3) is 5.91 Å². The van der Waals surface area contributed by atoms with E-state index in [1.807, 2.05) is 6.92 Å². The van der Waals surface area contributed by atoms with Gasteiger partial charge < -0.3 is 15.7 Å². The van der Waals surface area contributed by atoms with E-state index in [-0.39, 0.29) is 17.9 Å². The quantitative estimate of drug-likeness (QED) is 0.745. The van der Waals surface area contributed by atoms with Crippen molar-refractivity contribution in [3.8, 4) is 0 Å². The summed E-state index contributed by atoms with van der Waals surface area (Å²) in [7, 11) is 1.72. The van der Waals surface area contributed by atoms with Crippen LogP contribution in [-0.2, 0) is 7.05 Å². The van der Waals surface area contributed by atoms with Crippen molar-refractivity contribution in [2.24, 2.45) is 13.0 Å². The molecule has 100 valence electrons. The average molecular weight is 252 g/mol. The zero-order valence-electron chi connectivity index (χ0n) is 11.1. The highest BCUT2D eigenvalue weighted by Crippen LogP contribution is 2.22. The number of likely N-dealkylation sites (tertiary alicyclic amines) is 1. The second-order valence-corrected chi connectivity index (χ2v) is 5.06. The first kappa shape index (κ1) is 12.9. The van der Waals surface area contributed by atoms with Crippen molar-refractivity contribution in [1.29, 1.82) is 0 Å². The van der Waals surface area contributed by atoms with E-state index in [2.05, 4.69) is 5.10 Å². The molecule has 0 aliphatic carbocycles. The van der Waals surface area contributed by atoms with Crippen molar-refractivity contribution in [3.05, 3.63) is 11.4 Å². The Morgan fingerprint density at radius 3 is 2.72 bits per heavy atom. The van der Waals surface area contributed by atoms with Crippen LogP contribution in [0.3, 0.4) is 0 Å². The zero-order chi connectivity index (χ0) is 13.4. The van der Waals surface area contributed by atoms with Gasteiger partial charge in [0.1, 0.15) is 5.69 Å². The molecule has 1 aliphatic rings. The van der Waals surface area contributed by atoms with Crippen LogP contribution in [-0.4, -0.2) is 44.9 Å². The van der Waals surface area contributed by atoms with Crippen LogP contribution in [0, 0.1) is 12.8 Å². The molecule has 0 spiro atoms. The maximum atomic E-state index is 12.4. The first-order chi connectivity index (χ1) is 8.41. The predicted octanol–water partition coefficient (Wildman–Crippen LogP) is 0.154. The van der Waals surface area contributed by atoms with Crippen molar-refractivity contribution in [3.63, 3.8) is 0 Å². The maximum absolute atomic E-state index is 12.4. The molecule has 0 bridgehead atoms. The van der Waals surface area contributed by atoms with E-state index < -0.39 is 0 Å². The summed E-state index contributed by atoms with van der Waals surface area (Å²) in [4.78, 5) is 14.2. The second-order valence-electron chi connectivity index (χ2n) is 5.06. The van der Waals surface area contributed by atoms with E-state index in [1.54, 1.807) is 18.9 Å². The van der Waals surface area contributed by atoms with Gasteiger partial charge in [-0.25, -0.2) is 0 Å². The minimum atomic E-state index is -0.320. The van der Waals surface area contributed by atoms with Crippen LogP contribution in [0.2, 0.25) is 0 Å². The van der Waals surface area contributed by atoms with Gasteiger partial charge in [-0.05, 0) is 19.3 Å². The molecule has 18 heavy (non-hydrogen) atoms. The monoisotopic (exact) mass is 252 g/mol. The van der Waals surface area contributed by atoms with Gasteiger partial charge in [-0.3, -0.25) is 9.48 Å². The maximum Gasteiger partial charge on any atom is 0.274 e. The Hall–Kier alpha value is -1.56. The van der Waals surface area contributed by atoms with Crippen LogP contribution in [0.4, 0.5) is 5.69 Å². The Morgan fingerprint density at radius 1 is 1.56 bits per heavy atom. The van der Waals surface area contributed by atoms with E-state index >= 15 is 0 Å². The summed E-state index contributed by atoms with van der Waals surface area (Å²) in [6, 6.07) is 0. The molecule has 3 N–H and O–H groups in total. The molecule has 0 saturated carbocycles. The number of aromatic nitrogens is 2. The van der Waals surface area contributed by atoms with Gasteiger partial charge in [0, 0.05) is 20.1 Å². The molecular formula is C12H20N4O2. The first-order valence-corrected chi connectivity index (χ1v) is 6.18. The van der Waals surface area contributed by atoms with Crippen molar-refractivity contribution in [1.82, 2.24) is 14.7 Å². The Morgan fingerprint density at radius 2 is 2.22 bits per heavy atom. The van der Waals surface area contributed by atoms with E-state index in [9.17, 15) is 9.90 Å². The molecule has 2 heterocycles. The number of aliphatic hydroxyl groups excluding tert-OH is 1. The summed E-state index contributed by atoms with van der Waals surface area (Å²) in [6.07, 6.45) is 0.295. The van der Waals surface area contributed by atoms with Crippen molar-refractivity contribution < 1.29 is 9.90 Å². The van der Waals surface area contributed by atoms with E-state index in [1.165, 1.54) is 4.68 Å². The second kappa shape index (κ2) is 4.61. The lowest BCUT2D eigenvalue weighted by atomic mass is 9.96. The number of nitrogens with zero attached hydrogens (tertiary/aromatic N) is 3. The molecule has 0 radical (unpaired) electrons. The first-order valence-electron chi connectivity index (χ1n) is 6.18. The summed E-state index contributed by atoms with van der Waals surface area (Å²) in [5, 5.41) is 13.8. The predicted molar refractivity (Wildman–Crippen MR) is 68.0 cm³/mol. The number of anilines is 1. The molecular weight excluding hydrogens is 232 g/mol. The summed E-state index contributed by atoms with van der Waals surface area (Å²) in [5.74, 6) is -0.00685. The number of carbonyl (C=O) groups excluding carboxylic acids is 1. The molecule has 1 aliphatic heterocycles.